The fourth-order valence-electron chi connectivity index (χ4n) is 6.17. The number of quaternary nitrogens is 2. The summed E-state index contributed by atoms with van der Waals surface area (Å²) < 4.78 is 0.895. The second-order valence-electron chi connectivity index (χ2n) is 14.3. The van der Waals surface area contributed by atoms with Gasteiger partial charge in [-0.2, -0.15) is 0 Å². The maximum atomic E-state index is 12.9. The molecule has 0 bridgehead atoms. The number of unbranched alkanes of at least 4 members (excludes halogenated alkanes) is 18. The molecule has 0 radical (unpaired) electrons. The maximum absolute atomic E-state index is 12.9. The number of carbonyl (C=O) groups excluding carboxylic acids is 2. The summed E-state index contributed by atoms with van der Waals surface area (Å²) >= 11 is 0. The first-order chi connectivity index (χ1) is 21.1. The molecule has 0 saturated heterocycles. The van der Waals surface area contributed by atoms with Crippen LogP contribution in [0.4, 0.5) is 0 Å². The van der Waals surface area contributed by atoms with Gasteiger partial charge >= 0.3 is 0 Å². The molecule has 0 spiro atoms. The Morgan fingerprint density at radius 1 is 0.477 bits per heavy atom. The standard InChI is InChI=1S/C36H74N4O4/c1-7-9-11-13-15-17-19-21-23-25-29-39(3,4)33(31-41)35(43)37-27-28-38-36(44)34(32-42)40(5,6)30-26-24-22-20-18-16-14-12-10-8-2/h33-34,41-42H,7-32H2,1-6H3/p+2. The maximum Gasteiger partial charge on any atom is 0.280 e. The third-order valence-electron chi connectivity index (χ3n) is 9.54. The Morgan fingerprint density at radius 3 is 0.977 bits per heavy atom. The van der Waals surface area contributed by atoms with Crippen molar-refractivity contribution in [2.24, 2.45) is 0 Å². The Bertz CT molecular complexity index is 644. The minimum absolute atomic E-state index is 0.186. The molecule has 0 rings (SSSR count). The molecule has 0 saturated carbocycles. The highest BCUT2D eigenvalue weighted by Crippen LogP contribution is 2.15. The quantitative estimate of drug-likeness (QED) is 0.0565. The first kappa shape index (κ1) is 42.8. The van der Waals surface area contributed by atoms with E-state index in [0.717, 1.165) is 38.8 Å². The van der Waals surface area contributed by atoms with Crippen LogP contribution in [-0.2, 0) is 9.59 Å². The van der Waals surface area contributed by atoms with Crippen LogP contribution in [0.3, 0.4) is 0 Å². The molecular formula is C36H76N4O4+2. The lowest BCUT2D eigenvalue weighted by Gasteiger charge is -2.36. The SMILES string of the molecule is CCCCCCCCCCCC[N+](C)(C)C(CO)C(=O)NCCNC(=O)C(CO)[N+](C)(C)CCCCCCCCCCCC. The minimum atomic E-state index is -0.536. The van der Waals surface area contributed by atoms with Gasteiger partial charge in [-0.1, -0.05) is 117 Å². The first-order valence-corrected chi connectivity index (χ1v) is 18.5. The lowest BCUT2D eigenvalue weighted by atomic mass is 10.1. The zero-order valence-electron chi connectivity index (χ0n) is 30.1. The number of likely N-dealkylation sites (N-methyl/N-ethyl adjacent to an activating group) is 2. The smallest absolute Gasteiger partial charge is 0.280 e. The molecule has 0 heterocycles. The number of hydrogen-bond donors (Lipinski definition) is 4. The molecule has 0 aromatic rings. The summed E-state index contributed by atoms with van der Waals surface area (Å²) in [5, 5.41) is 25.9. The lowest BCUT2D eigenvalue weighted by molar-refractivity contribution is -0.906. The van der Waals surface area contributed by atoms with Crippen LogP contribution in [0.15, 0.2) is 0 Å². The fraction of sp³-hybridized carbons (Fsp3) is 0.944. The molecule has 8 nitrogen and oxygen atoms in total. The average molecular weight is 629 g/mol. The number of nitrogens with zero attached hydrogens (tertiary/aromatic N) is 2. The number of rotatable bonds is 31. The van der Waals surface area contributed by atoms with Gasteiger partial charge in [0, 0.05) is 13.1 Å². The summed E-state index contributed by atoms with van der Waals surface area (Å²) in [6, 6.07) is -1.07. The van der Waals surface area contributed by atoms with Crippen molar-refractivity contribution in [1.82, 2.24) is 10.6 Å². The largest absolute Gasteiger partial charge is 0.390 e. The van der Waals surface area contributed by atoms with Crippen molar-refractivity contribution in [3.63, 3.8) is 0 Å². The minimum Gasteiger partial charge on any atom is -0.390 e. The number of aliphatic hydroxyl groups is 2. The van der Waals surface area contributed by atoms with E-state index < -0.39 is 12.1 Å². The predicted molar refractivity (Wildman–Crippen MR) is 185 cm³/mol. The van der Waals surface area contributed by atoms with Crippen molar-refractivity contribution in [2.75, 3.05) is 67.6 Å². The van der Waals surface area contributed by atoms with Gasteiger partial charge in [0.15, 0.2) is 12.1 Å². The highest BCUT2D eigenvalue weighted by molar-refractivity contribution is 5.82. The fourth-order valence-corrected chi connectivity index (χ4v) is 6.17. The summed E-state index contributed by atoms with van der Waals surface area (Å²) in [5.41, 5.74) is 0. The zero-order chi connectivity index (χ0) is 33.1. The van der Waals surface area contributed by atoms with Crippen molar-refractivity contribution in [1.29, 1.82) is 0 Å². The number of hydrogen-bond acceptors (Lipinski definition) is 4. The van der Waals surface area contributed by atoms with Crippen LogP contribution in [0.5, 0.6) is 0 Å². The van der Waals surface area contributed by atoms with E-state index in [2.05, 4.69) is 24.5 Å². The summed E-state index contributed by atoms with van der Waals surface area (Å²) in [5.74, 6) is -0.371. The van der Waals surface area contributed by atoms with E-state index in [1.165, 1.54) is 103 Å². The molecule has 0 aliphatic rings. The molecule has 262 valence electrons. The van der Waals surface area contributed by atoms with Crippen LogP contribution in [0.25, 0.3) is 0 Å². The molecule has 0 aromatic carbocycles. The van der Waals surface area contributed by atoms with Crippen molar-refractivity contribution < 1.29 is 28.8 Å². The van der Waals surface area contributed by atoms with Gasteiger partial charge < -0.3 is 29.8 Å². The summed E-state index contributed by atoms with van der Waals surface area (Å²) in [4.78, 5) is 25.9. The average Bonchev–Trinajstić information content (AvgIpc) is 2.97. The first-order valence-electron chi connectivity index (χ1n) is 18.5. The zero-order valence-corrected chi connectivity index (χ0v) is 30.1. The highest BCUT2D eigenvalue weighted by Gasteiger charge is 2.35. The van der Waals surface area contributed by atoms with E-state index in [0.29, 0.717) is 22.1 Å². The van der Waals surface area contributed by atoms with Gasteiger partial charge in [-0.05, 0) is 25.7 Å². The summed E-state index contributed by atoms with van der Waals surface area (Å²) in [7, 11) is 8.04. The molecular weight excluding hydrogens is 552 g/mol. The predicted octanol–water partition coefficient (Wildman–Crippen LogP) is 5.94. The van der Waals surface area contributed by atoms with Gasteiger partial charge in [0.25, 0.3) is 11.8 Å². The van der Waals surface area contributed by atoms with Crippen LogP contribution >= 0.6 is 0 Å². The molecule has 0 aliphatic heterocycles. The van der Waals surface area contributed by atoms with E-state index in [-0.39, 0.29) is 25.0 Å². The number of amides is 2. The Hall–Kier alpha value is -1.22. The van der Waals surface area contributed by atoms with Crippen LogP contribution < -0.4 is 10.6 Å². The summed E-state index contributed by atoms with van der Waals surface area (Å²) in [6.45, 7) is 6.36. The summed E-state index contributed by atoms with van der Waals surface area (Å²) in [6.07, 6.45) is 25.4. The molecule has 2 amide bonds. The van der Waals surface area contributed by atoms with Gasteiger partial charge in [-0.25, -0.2) is 0 Å². The molecule has 0 fully saturated rings. The molecule has 4 N–H and O–H groups in total. The van der Waals surface area contributed by atoms with Gasteiger partial charge in [0.05, 0.1) is 41.3 Å². The van der Waals surface area contributed by atoms with Gasteiger partial charge in [-0.3, -0.25) is 9.59 Å². The van der Waals surface area contributed by atoms with Crippen molar-refractivity contribution >= 4 is 11.8 Å². The van der Waals surface area contributed by atoms with Gasteiger partial charge in [0.1, 0.15) is 13.2 Å². The van der Waals surface area contributed by atoms with Gasteiger partial charge in [-0.15, -0.1) is 0 Å². The van der Waals surface area contributed by atoms with Gasteiger partial charge in [0.2, 0.25) is 0 Å². The van der Waals surface area contributed by atoms with Crippen molar-refractivity contribution in [3.05, 3.63) is 0 Å². The lowest BCUT2D eigenvalue weighted by Crippen LogP contribution is -2.60. The van der Waals surface area contributed by atoms with Crippen LogP contribution in [0.1, 0.15) is 142 Å². The Kier molecular flexibility index (Phi) is 26.2. The van der Waals surface area contributed by atoms with Crippen molar-refractivity contribution in [2.45, 2.75) is 154 Å². The molecule has 2 unspecified atom stereocenters. The Balaban J connectivity index is 4.29. The van der Waals surface area contributed by atoms with E-state index in [9.17, 15) is 19.8 Å². The second-order valence-corrected chi connectivity index (χ2v) is 14.3. The topological polar surface area (TPSA) is 98.7 Å². The van der Waals surface area contributed by atoms with Crippen LogP contribution in [-0.4, -0.2) is 111 Å². The molecule has 8 heteroatoms. The number of aliphatic hydroxyl groups excluding tert-OH is 2. The molecule has 0 aliphatic carbocycles. The Labute approximate surface area is 272 Å². The molecule has 0 aromatic heterocycles. The molecule has 44 heavy (non-hydrogen) atoms. The normalized spacial score (nSPS) is 13.5. The highest BCUT2D eigenvalue weighted by atomic mass is 16.3. The van der Waals surface area contributed by atoms with Crippen LogP contribution in [0, 0.1) is 0 Å². The van der Waals surface area contributed by atoms with E-state index in [1.807, 2.05) is 28.2 Å². The monoisotopic (exact) mass is 629 g/mol. The third-order valence-corrected chi connectivity index (χ3v) is 9.54. The van der Waals surface area contributed by atoms with E-state index in [4.69, 9.17) is 0 Å². The number of nitrogens with one attached hydrogen (secondary N) is 2. The third kappa shape index (κ3) is 20.7. The number of carbonyl (C=O) groups is 2. The van der Waals surface area contributed by atoms with Crippen LogP contribution in [0.2, 0.25) is 0 Å². The van der Waals surface area contributed by atoms with E-state index >= 15 is 0 Å². The van der Waals surface area contributed by atoms with E-state index in [1.54, 1.807) is 0 Å². The Morgan fingerprint density at radius 2 is 0.727 bits per heavy atom. The van der Waals surface area contributed by atoms with Crippen molar-refractivity contribution in [3.8, 4) is 0 Å². The second kappa shape index (κ2) is 26.9. The molecule has 2 atom stereocenters.